The van der Waals surface area contributed by atoms with Gasteiger partial charge in [0.2, 0.25) is 0 Å². The molecule has 6 heteroatoms. The molecule has 0 unspecified atom stereocenters. The largest absolute Gasteiger partial charge is 0.481 e. The number of urea groups is 1. The van der Waals surface area contributed by atoms with Crippen LogP contribution in [0.15, 0.2) is 58.3 Å². The average Bonchev–Trinajstić information content (AvgIpc) is 2.82. The average molecular weight is 483 g/mol. The molecule has 0 saturated heterocycles. The van der Waals surface area contributed by atoms with Crippen molar-refractivity contribution in [3.05, 3.63) is 54.1 Å². The van der Waals surface area contributed by atoms with Gasteiger partial charge in [0.25, 0.3) is 0 Å². The highest BCUT2D eigenvalue weighted by molar-refractivity contribution is 7.99. The maximum atomic E-state index is 13.3. The second-order valence-corrected chi connectivity index (χ2v) is 10.3. The second kappa shape index (κ2) is 14.1. The van der Waals surface area contributed by atoms with Crippen LogP contribution >= 0.6 is 11.8 Å². The molecule has 1 saturated carbocycles. The van der Waals surface area contributed by atoms with Gasteiger partial charge in [0, 0.05) is 28.1 Å². The molecule has 34 heavy (non-hydrogen) atoms. The number of aliphatic carboxylic acids is 1. The molecule has 0 atom stereocenters. The Hall–Kier alpha value is -2.47. The minimum Gasteiger partial charge on any atom is -0.481 e. The number of hydrogen-bond donors (Lipinski definition) is 2. The SMILES string of the molecule is CCCCCCCN(C(=O)NC1CCCCC1)c1cccc(Sc2cccc(CC(=O)O)c2)c1. The molecule has 2 N–H and O–H groups in total. The summed E-state index contributed by atoms with van der Waals surface area (Å²) in [5, 5.41) is 12.4. The molecule has 0 aliphatic heterocycles. The number of nitrogens with one attached hydrogen (secondary N) is 1. The van der Waals surface area contributed by atoms with E-state index in [4.69, 9.17) is 5.11 Å². The van der Waals surface area contributed by atoms with E-state index in [1.54, 1.807) is 11.8 Å². The highest BCUT2D eigenvalue weighted by Crippen LogP contribution is 2.31. The van der Waals surface area contributed by atoms with Crippen LogP contribution in [0.4, 0.5) is 10.5 Å². The number of carbonyl (C=O) groups excluding carboxylic acids is 1. The van der Waals surface area contributed by atoms with Crippen molar-refractivity contribution in [2.45, 2.75) is 93.4 Å². The number of nitrogens with zero attached hydrogens (tertiary/aromatic N) is 1. The van der Waals surface area contributed by atoms with Gasteiger partial charge in [0.05, 0.1) is 6.42 Å². The van der Waals surface area contributed by atoms with Crippen molar-refractivity contribution in [2.75, 3.05) is 11.4 Å². The summed E-state index contributed by atoms with van der Waals surface area (Å²) >= 11 is 1.59. The highest BCUT2D eigenvalue weighted by Gasteiger charge is 2.21. The zero-order chi connectivity index (χ0) is 24.2. The zero-order valence-corrected chi connectivity index (χ0v) is 21.1. The number of carboxylic acid groups (broad SMARTS) is 1. The summed E-state index contributed by atoms with van der Waals surface area (Å²) in [6, 6.07) is 16.0. The fourth-order valence-electron chi connectivity index (χ4n) is 4.47. The standard InChI is InChI=1S/C28H38N2O3S/c1-2-3-4-5-9-18-30(28(33)29-23-13-7-6-8-14-23)24-15-11-17-26(21-24)34-25-16-10-12-22(19-25)20-27(31)32/h10-12,15-17,19,21,23H,2-9,13-14,18,20H2,1H3,(H,29,33)(H,31,32). The van der Waals surface area contributed by atoms with Crippen molar-refractivity contribution in [2.24, 2.45) is 0 Å². The van der Waals surface area contributed by atoms with Crippen molar-refractivity contribution >= 4 is 29.4 Å². The van der Waals surface area contributed by atoms with Crippen LogP contribution in [0.25, 0.3) is 0 Å². The third kappa shape index (κ3) is 8.71. The first-order chi connectivity index (χ1) is 16.5. The molecule has 2 aromatic carbocycles. The normalized spacial score (nSPS) is 14.0. The minimum absolute atomic E-state index is 0.00740. The van der Waals surface area contributed by atoms with E-state index in [1.807, 2.05) is 47.4 Å². The lowest BCUT2D eigenvalue weighted by molar-refractivity contribution is -0.136. The van der Waals surface area contributed by atoms with E-state index in [9.17, 15) is 9.59 Å². The Labute approximate surface area is 208 Å². The second-order valence-electron chi connectivity index (χ2n) is 9.17. The summed E-state index contributed by atoms with van der Waals surface area (Å²) in [4.78, 5) is 28.3. The molecular weight excluding hydrogens is 444 g/mol. The number of carbonyl (C=O) groups is 2. The summed E-state index contributed by atoms with van der Waals surface area (Å²) in [5.74, 6) is -0.831. The molecule has 2 aromatic rings. The smallest absolute Gasteiger partial charge is 0.322 e. The van der Waals surface area contributed by atoms with Gasteiger partial charge in [-0.1, -0.05) is 81.8 Å². The topological polar surface area (TPSA) is 69.6 Å². The van der Waals surface area contributed by atoms with Crippen LogP contribution in [0, 0.1) is 0 Å². The van der Waals surface area contributed by atoms with E-state index in [0.717, 1.165) is 46.7 Å². The number of amides is 2. The van der Waals surface area contributed by atoms with Gasteiger partial charge in [0.1, 0.15) is 0 Å². The molecule has 1 aliphatic carbocycles. The Morgan fingerprint density at radius 2 is 1.68 bits per heavy atom. The van der Waals surface area contributed by atoms with E-state index in [1.165, 1.54) is 38.5 Å². The quantitative estimate of drug-likeness (QED) is 0.312. The number of carboxylic acids is 1. The lowest BCUT2D eigenvalue weighted by atomic mass is 9.96. The van der Waals surface area contributed by atoms with Gasteiger partial charge in [-0.15, -0.1) is 0 Å². The van der Waals surface area contributed by atoms with Crippen LogP contribution in [-0.4, -0.2) is 29.7 Å². The van der Waals surface area contributed by atoms with E-state index in [2.05, 4.69) is 18.3 Å². The summed E-state index contributed by atoms with van der Waals surface area (Å²) in [7, 11) is 0. The molecule has 0 bridgehead atoms. The van der Waals surface area contributed by atoms with Gasteiger partial charge in [-0.05, 0) is 55.2 Å². The minimum atomic E-state index is -0.831. The van der Waals surface area contributed by atoms with Crippen molar-refractivity contribution in [1.82, 2.24) is 5.32 Å². The molecule has 0 aromatic heterocycles. The Kier molecular flexibility index (Phi) is 10.8. The van der Waals surface area contributed by atoms with Crippen LogP contribution in [0.3, 0.4) is 0 Å². The number of anilines is 1. The molecule has 5 nitrogen and oxygen atoms in total. The van der Waals surface area contributed by atoms with Crippen molar-refractivity contribution in [3.8, 4) is 0 Å². The Balaban J connectivity index is 1.72. The fourth-order valence-corrected chi connectivity index (χ4v) is 5.42. The lowest BCUT2D eigenvalue weighted by Crippen LogP contribution is -2.46. The molecule has 1 aliphatic rings. The predicted octanol–water partition coefficient (Wildman–Crippen LogP) is 7.28. The molecule has 0 spiro atoms. The molecule has 0 radical (unpaired) electrons. The first-order valence-corrected chi connectivity index (χ1v) is 13.5. The number of rotatable bonds is 12. The van der Waals surface area contributed by atoms with Crippen LogP contribution < -0.4 is 10.2 Å². The van der Waals surface area contributed by atoms with E-state index in [-0.39, 0.29) is 18.5 Å². The van der Waals surface area contributed by atoms with Crippen LogP contribution in [0.5, 0.6) is 0 Å². The van der Waals surface area contributed by atoms with Gasteiger partial charge in [0.15, 0.2) is 0 Å². The Morgan fingerprint density at radius 3 is 2.41 bits per heavy atom. The number of benzene rings is 2. The molecule has 2 amide bonds. The third-order valence-electron chi connectivity index (χ3n) is 6.28. The van der Waals surface area contributed by atoms with Crippen LogP contribution in [-0.2, 0) is 11.2 Å². The van der Waals surface area contributed by atoms with Crippen LogP contribution in [0.2, 0.25) is 0 Å². The summed E-state index contributed by atoms with van der Waals surface area (Å²) in [6.07, 6.45) is 11.6. The molecule has 1 fully saturated rings. The fraction of sp³-hybridized carbons (Fsp3) is 0.500. The first kappa shape index (κ1) is 26.1. The Morgan fingerprint density at radius 1 is 0.971 bits per heavy atom. The van der Waals surface area contributed by atoms with Gasteiger partial charge >= 0.3 is 12.0 Å². The first-order valence-electron chi connectivity index (χ1n) is 12.7. The van der Waals surface area contributed by atoms with Gasteiger partial charge in [-0.2, -0.15) is 0 Å². The van der Waals surface area contributed by atoms with E-state index >= 15 is 0 Å². The van der Waals surface area contributed by atoms with E-state index < -0.39 is 5.97 Å². The third-order valence-corrected chi connectivity index (χ3v) is 7.26. The monoisotopic (exact) mass is 482 g/mol. The lowest BCUT2D eigenvalue weighted by Gasteiger charge is -2.29. The van der Waals surface area contributed by atoms with Gasteiger partial charge < -0.3 is 10.4 Å². The number of unbranched alkanes of at least 4 members (excludes halogenated alkanes) is 4. The summed E-state index contributed by atoms with van der Waals surface area (Å²) in [6.45, 7) is 2.93. The summed E-state index contributed by atoms with van der Waals surface area (Å²) in [5.41, 5.74) is 1.70. The maximum absolute atomic E-state index is 13.3. The van der Waals surface area contributed by atoms with Crippen molar-refractivity contribution < 1.29 is 14.7 Å². The number of hydrogen-bond acceptors (Lipinski definition) is 3. The molecule has 3 rings (SSSR count). The maximum Gasteiger partial charge on any atom is 0.322 e. The van der Waals surface area contributed by atoms with E-state index in [0.29, 0.717) is 6.54 Å². The van der Waals surface area contributed by atoms with Gasteiger partial charge in [-0.25, -0.2) is 4.79 Å². The van der Waals surface area contributed by atoms with Crippen LogP contribution in [0.1, 0.15) is 76.7 Å². The predicted molar refractivity (Wildman–Crippen MR) is 140 cm³/mol. The van der Waals surface area contributed by atoms with Crippen molar-refractivity contribution in [3.63, 3.8) is 0 Å². The zero-order valence-electron chi connectivity index (χ0n) is 20.3. The molecule has 184 valence electrons. The highest BCUT2D eigenvalue weighted by atomic mass is 32.2. The summed E-state index contributed by atoms with van der Waals surface area (Å²) < 4.78 is 0. The Bertz CT molecular complexity index is 927. The molecule has 0 heterocycles. The van der Waals surface area contributed by atoms with Gasteiger partial charge in [-0.3, -0.25) is 9.69 Å². The molecular formula is C28H38N2O3S. The van der Waals surface area contributed by atoms with Crippen molar-refractivity contribution in [1.29, 1.82) is 0 Å².